The Kier molecular flexibility index (Phi) is 40.3. The molecule has 0 radical (unpaired) electrons. The summed E-state index contributed by atoms with van der Waals surface area (Å²) in [6.07, 6.45) is 3.72. The number of ether oxygens (including phenoxy) is 13. The van der Waals surface area contributed by atoms with Crippen LogP contribution in [0.5, 0.6) is 0 Å². The van der Waals surface area contributed by atoms with Crippen LogP contribution in [0.3, 0.4) is 0 Å². The van der Waals surface area contributed by atoms with Crippen molar-refractivity contribution in [1.82, 2.24) is 0 Å². The summed E-state index contributed by atoms with van der Waals surface area (Å²) in [5, 5.41) is 0. The number of unbranched alkanes of at least 4 members (excludes halogenated alkanes) is 2. The van der Waals surface area contributed by atoms with Crippen molar-refractivity contribution in [2.45, 2.75) is 52.6 Å². The van der Waals surface area contributed by atoms with Crippen LogP contribution in [-0.4, -0.2) is 171 Å². The van der Waals surface area contributed by atoms with Crippen molar-refractivity contribution in [1.29, 1.82) is 0 Å². The molecule has 0 aliphatic carbocycles. The fourth-order valence-electron chi connectivity index (χ4n) is 3.45. The first-order valence-corrected chi connectivity index (χ1v) is 17.3. The Morgan fingerprint density at radius 1 is 0.383 bits per heavy atom. The number of rotatable bonds is 41. The van der Waals surface area contributed by atoms with E-state index in [1.807, 2.05) is 13.8 Å². The molecule has 14 heteroatoms. The molecule has 0 aromatic carbocycles. The van der Waals surface area contributed by atoms with Gasteiger partial charge in [-0.3, -0.25) is 4.79 Å². The number of carbonyl (C=O) groups is 1. The Bertz CT molecular complexity index is 600. The molecule has 0 heterocycles. The molecule has 282 valence electrons. The van der Waals surface area contributed by atoms with Gasteiger partial charge in [-0.2, -0.15) is 0 Å². The van der Waals surface area contributed by atoms with Gasteiger partial charge in [0.2, 0.25) is 0 Å². The highest BCUT2D eigenvalue weighted by atomic mass is 16.6. The minimum absolute atomic E-state index is 0.160. The summed E-state index contributed by atoms with van der Waals surface area (Å²) in [5.74, 6) is -0.160. The average molecular weight is 687 g/mol. The van der Waals surface area contributed by atoms with E-state index in [0.29, 0.717) is 158 Å². The van der Waals surface area contributed by atoms with Gasteiger partial charge in [-0.05, 0) is 20.3 Å². The van der Waals surface area contributed by atoms with Crippen LogP contribution < -0.4 is 0 Å². The minimum atomic E-state index is -0.160. The van der Waals surface area contributed by atoms with Crippen molar-refractivity contribution in [2.24, 2.45) is 0 Å². The van der Waals surface area contributed by atoms with E-state index in [4.69, 9.17) is 61.6 Å². The third-order valence-electron chi connectivity index (χ3n) is 5.87. The molecular weight excluding hydrogens is 620 g/mol. The van der Waals surface area contributed by atoms with Crippen molar-refractivity contribution < 1.29 is 66.4 Å². The van der Waals surface area contributed by atoms with Crippen LogP contribution in [0.2, 0.25) is 0 Å². The van der Waals surface area contributed by atoms with Gasteiger partial charge in [-0.15, -0.1) is 0 Å². The van der Waals surface area contributed by atoms with E-state index in [1.165, 1.54) is 0 Å². The smallest absolute Gasteiger partial charge is 0.305 e. The van der Waals surface area contributed by atoms with E-state index in [-0.39, 0.29) is 18.7 Å². The highest BCUT2D eigenvalue weighted by Gasteiger charge is 2.02. The van der Waals surface area contributed by atoms with Crippen LogP contribution in [0, 0.1) is 0 Å². The van der Waals surface area contributed by atoms with Gasteiger partial charge in [0.05, 0.1) is 158 Å². The molecule has 14 nitrogen and oxygen atoms in total. The summed E-state index contributed by atoms with van der Waals surface area (Å²) in [7, 11) is 0. The predicted molar refractivity (Wildman–Crippen MR) is 175 cm³/mol. The van der Waals surface area contributed by atoms with Crippen LogP contribution in [0.15, 0.2) is 0 Å². The Labute approximate surface area is 283 Å². The lowest BCUT2D eigenvalue weighted by molar-refractivity contribution is -0.145. The van der Waals surface area contributed by atoms with Gasteiger partial charge in [0.25, 0.3) is 0 Å². The third kappa shape index (κ3) is 43.0. The SMILES string of the molecule is CCCCCC(=O)OCCOCCOCCOCCOCCOCCOCCOCCOCCOCCOCCOCCOC(C)C. The summed E-state index contributed by atoms with van der Waals surface area (Å²) in [6.45, 7) is 18.0. The van der Waals surface area contributed by atoms with Crippen LogP contribution in [0.25, 0.3) is 0 Å². The quantitative estimate of drug-likeness (QED) is 0.0689. The number of esters is 1. The molecule has 0 aromatic heterocycles. The zero-order valence-corrected chi connectivity index (χ0v) is 29.6. The molecule has 0 saturated heterocycles. The lowest BCUT2D eigenvalue weighted by atomic mass is 10.2. The molecule has 0 aliphatic rings. The van der Waals surface area contributed by atoms with Gasteiger partial charge < -0.3 is 61.6 Å². The van der Waals surface area contributed by atoms with Crippen molar-refractivity contribution in [3.8, 4) is 0 Å². The van der Waals surface area contributed by atoms with E-state index in [2.05, 4.69) is 6.92 Å². The van der Waals surface area contributed by atoms with Crippen LogP contribution in [0.1, 0.15) is 46.5 Å². The maximum atomic E-state index is 11.5. The van der Waals surface area contributed by atoms with Gasteiger partial charge in [-0.1, -0.05) is 19.8 Å². The molecule has 0 N–H and O–H groups in total. The number of carbonyl (C=O) groups excluding carboxylic acids is 1. The van der Waals surface area contributed by atoms with Crippen LogP contribution >= 0.6 is 0 Å². The first-order valence-electron chi connectivity index (χ1n) is 17.3. The Balaban J connectivity index is 3.07. The number of hydrogen-bond acceptors (Lipinski definition) is 14. The Morgan fingerprint density at radius 2 is 0.638 bits per heavy atom. The normalized spacial score (nSPS) is 11.6. The second-order valence-electron chi connectivity index (χ2n) is 10.3. The largest absolute Gasteiger partial charge is 0.463 e. The second kappa shape index (κ2) is 41.2. The summed E-state index contributed by atoms with van der Waals surface area (Å²) in [6, 6.07) is 0. The first kappa shape index (κ1) is 46.0. The molecule has 0 atom stereocenters. The molecule has 0 amide bonds. The standard InChI is InChI=1S/C33H66O14/c1-4-5-6-7-33(34)47-31-29-45-27-25-43-23-21-41-19-17-39-15-13-37-11-9-35-8-10-36-12-14-38-16-18-40-20-22-42-24-26-44-28-30-46-32(2)3/h32H,4-31H2,1-3H3. The lowest BCUT2D eigenvalue weighted by Crippen LogP contribution is -2.16. The van der Waals surface area contributed by atoms with Crippen molar-refractivity contribution in [2.75, 3.05) is 159 Å². The summed E-state index contributed by atoms with van der Waals surface area (Å²) < 4.78 is 70.4. The molecule has 0 unspecified atom stereocenters. The maximum Gasteiger partial charge on any atom is 0.305 e. The van der Waals surface area contributed by atoms with E-state index < -0.39 is 0 Å². The summed E-state index contributed by atoms with van der Waals surface area (Å²) in [4.78, 5) is 11.5. The zero-order valence-electron chi connectivity index (χ0n) is 29.6. The van der Waals surface area contributed by atoms with Crippen molar-refractivity contribution >= 4 is 5.97 Å². The maximum absolute atomic E-state index is 11.5. The summed E-state index contributed by atoms with van der Waals surface area (Å²) >= 11 is 0. The molecule has 0 fully saturated rings. The van der Waals surface area contributed by atoms with E-state index in [9.17, 15) is 4.79 Å². The van der Waals surface area contributed by atoms with Gasteiger partial charge in [0.1, 0.15) is 6.61 Å². The van der Waals surface area contributed by atoms with Gasteiger partial charge in [0, 0.05) is 6.42 Å². The van der Waals surface area contributed by atoms with Gasteiger partial charge in [0.15, 0.2) is 0 Å². The average Bonchev–Trinajstić information content (AvgIpc) is 3.06. The zero-order chi connectivity index (χ0) is 34.1. The lowest BCUT2D eigenvalue weighted by Gasteiger charge is -2.09. The monoisotopic (exact) mass is 686 g/mol. The molecule has 47 heavy (non-hydrogen) atoms. The first-order chi connectivity index (χ1) is 23.2. The van der Waals surface area contributed by atoms with Crippen LogP contribution in [0.4, 0.5) is 0 Å². The van der Waals surface area contributed by atoms with Crippen LogP contribution in [-0.2, 0) is 66.4 Å². The van der Waals surface area contributed by atoms with Crippen molar-refractivity contribution in [3.05, 3.63) is 0 Å². The Morgan fingerprint density at radius 3 is 0.894 bits per heavy atom. The molecule has 0 saturated carbocycles. The molecule has 0 rings (SSSR count). The van der Waals surface area contributed by atoms with Crippen molar-refractivity contribution in [3.63, 3.8) is 0 Å². The predicted octanol–water partition coefficient (Wildman–Crippen LogP) is 2.72. The molecule has 0 aliphatic heterocycles. The summed E-state index contributed by atoms with van der Waals surface area (Å²) in [5.41, 5.74) is 0. The third-order valence-corrected chi connectivity index (χ3v) is 5.87. The van der Waals surface area contributed by atoms with E-state index in [0.717, 1.165) is 19.3 Å². The molecule has 0 bridgehead atoms. The minimum Gasteiger partial charge on any atom is -0.463 e. The number of hydrogen-bond donors (Lipinski definition) is 0. The molecular formula is C33H66O14. The Hall–Kier alpha value is -1.01. The van der Waals surface area contributed by atoms with Gasteiger partial charge in [-0.25, -0.2) is 0 Å². The fourth-order valence-corrected chi connectivity index (χ4v) is 3.45. The van der Waals surface area contributed by atoms with Gasteiger partial charge >= 0.3 is 5.97 Å². The topological polar surface area (TPSA) is 137 Å². The van der Waals surface area contributed by atoms with E-state index >= 15 is 0 Å². The molecule has 0 aromatic rings. The highest BCUT2D eigenvalue weighted by molar-refractivity contribution is 5.69. The second-order valence-corrected chi connectivity index (χ2v) is 10.3. The fraction of sp³-hybridized carbons (Fsp3) is 0.970. The van der Waals surface area contributed by atoms with E-state index in [1.54, 1.807) is 0 Å². The highest BCUT2D eigenvalue weighted by Crippen LogP contribution is 2.00. The molecule has 0 spiro atoms.